The molecule has 3 rings (SSSR count). The Morgan fingerprint density at radius 2 is 1.90 bits per heavy atom. The van der Waals surface area contributed by atoms with Gasteiger partial charge in [-0.1, -0.05) is 25.1 Å². The van der Waals surface area contributed by atoms with Crippen molar-refractivity contribution in [3.05, 3.63) is 60.0 Å². The number of fused-ring (bicyclic) bond motifs is 1. The van der Waals surface area contributed by atoms with Crippen molar-refractivity contribution in [2.24, 2.45) is 4.99 Å². The molecule has 0 aliphatic rings. The van der Waals surface area contributed by atoms with Gasteiger partial charge in [0.15, 0.2) is 17.4 Å². The molecule has 8 heteroatoms. The minimum absolute atomic E-state index is 0.0397. The minimum atomic E-state index is 0.0397. The molecule has 0 radical (unpaired) electrons. The van der Waals surface area contributed by atoms with Crippen LogP contribution in [0.3, 0.4) is 0 Å². The summed E-state index contributed by atoms with van der Waals surface area (Å²) in [4.78, 5) is 16.3. The second kappa shape index (κ2) is 10.2. The van der Waals surface area contributed by atoms with Crippen LogP contribution in [0.15, 0.2) is 53.7 Å². The fourth-order valence-corrected chi connectivity index (χ4v) is 2.83. The molecule has 0 spiro atoms. The lowest BCUT2D eigenvalue weighted by Gasteiger charge is -2.11. The van der Waals surface area contributed by atoms with Crippen LogP contribution >= 0.6 is 0 Å². The van der Waals surface area contributed by atoms with Crippen molar-refractivity contribution in [2.75, 3.05) is 11.9 Å². The van der Waals surface area contributed by atoms with E-state index in [0.717, 1.165) is 35.7 Å². The molecule has 1 amide bonds. The number of aromatic nitrogens is 3. The summed E-state index contributed by atoms with van der Waals surface area (Å²) in [5.74, 6) is 1.57. The summed E-state index contributed by atoms with van der Waals surface area (Å²) in [6, 6.07) is 13.6. The SMILES string of the molecule is CCCC(=O)Nc1ccc(CN=C(NCC)NCc2nnc3ccccn23)cc1. The smallest absolute Gasteiger partial charge is 0.224 e. The summed E-state index contributed by atoms with van der Waals surface area (Å²) in [6.07, 6.45) is 3.31. The van der Waals surface area contributed by atoms with Gasteiger partial charge in [-0.05, 0) is 43.2 Å². The zero-order valence-corrected chi connectivity index (χ0v) is 16.9. The van der Waals surface area contributed by atoms with Crippen molar-refractivity contribution >= 4 is 23.2 Å². The van der Waals surface area contributed by atoms with Gasteiger partial charge in [-0.2, -0.15) is 0 Å². The zero-order valence-electron chi connectivity index (χ0n) is 16.9. The first-order chi connectivity index (χ1) is 14.2. The molecule has 0 fully saturated rings. The number of hydrogen-bond donors (Lipinski definition) is 3. The van der Waals surface area contributed by atoms with Crippen molar-refractivity contribution in [3.63, 3.8) is 0 Å². The molecule has 0 bridgehead atoms. The second-order valence-electron chi connectivity index (χ2n) is 6.59. The van der Waals surface area contributed by atoms with E-state index in [-0.39, 0.29) is 5.91 Å². The van der Waals surface area contributed by atoms with Crippen molar-refractivity contribution < 1.29 is 4.79 Å². The Labute approximate surface area is 170 Å². The maximum absolute atomic E-state index is 11.7. The molecule has 0 aliphatic heterocycles. The van der Waals surface area contributed by atoms with Crippen LogP contribution in [0.25, 0.3) is 5.65 Å². The highest BCUT2D eigenvalue weighted by molar-refractivity contribution is 5.90. The van der Waals surface area contributed by atoms with E-state index in [1.165, 1.54) is 0 Å². The van der Waals surface area contributed by atoms with Gasteiger partial charge in [0.05, 0.1) is 13.1 Å². The predicted octanol–water partition coefficient (Wildman–Crippen LogP) is 2.72. The standard InChI is InChI=1S/C21H27N7O/c1-3-7-20(29)25-17-11-9-16(10-12-17)14-23-21(22-4-2)24-15-19-27-26-18-8-5-6-13-28(18)19/h5-6,8-13H,3-4,7,14-15H2,1-2H3,(H,25,29)(H2,22,23,24). The lowest BCUT2D eigenvalue weighted by atomic mass is 10.2. The Balaban J connectivity index is 1.59. The number of carbonyl (C=O) groups excluding carboxylic acids is 1. The van der Waals surface area contributed by atoms with Gasteiger partial charge in [0.2, 0.25) is 5.91 Å². The molecule has 2 heterocycles. The van der Waals surface area contributed by atoms with Gasteiger partial charge in [-0.25, -0.2) is 4.99 Å². The van der Waals surface area contributed by atoms with Gasteiger partial charge < -0.3 is 16.0 Å². The Morgan fingerprint density at radius 1 is 1.07 bits per heavy atom. The normalized spacial score (nSPS) is 11.4. The molecular weight excluding hydrogens is 366 g/mol. The van der Waals surface area contributed by atoms with Crippen LogP contribution in [0, 0.1) is 0 Å². The van der Waals surface area contributed by atoms with E-state index in [0.29, 0.717) is 25.5 Å². The molecule has 0 aliphatic carbocycles. The van der Waals surface area contributed by atoms with Crippen LogP contribution in [-0.2, 0) is 17.9 Å². The molecule has 2 aromatic heterocycles. The van der Waals surface area contributed by atoms with Gasteiger partial charge in [0.25, 0.3) is 0 Å². The van der Waals surface area contributed by atoms with E-state index in [1.807, 2.05) is 66.9 Å². The van der Waals surface area contributed by atoms with Crippen LogP contribution < -0.4 is 16.0 Å². The van der Waals surface area contributed by atoms with E-state index in [1.54, 1.807) is 0 Å². The summed E-state index contributed by atoms with van der Waals surface area (Å²) in [5.41, 5.74) is 2.68. The number of hydrogen-bond acceptors (Lipinski definition) is 4. The van der Waals surface area contributed by atoms with Gasteiger partial charge in [-0.15, -0.1) is 10.2 Å². The zero-order chi connectivity index (χ0) is 20.5. The van der Waals surface area contributed by atoms with Gasteiger partial charge in [-0.3, -0.25) is 9.20 Å². The van der Waals surface area contributed by atoms with Crippen LogP contribution in [0.1, 0.15) is 38.1 Å². The first-order valence-corrected chi connectivity index (χ1v) is 9.89. The maximum Gasteiger partial charge on any atom is 0.224 e. The van der Waals surface area contributed by atoms with Crippen LogP contribution in [0.2, 0.25) is 0 Å². The average Bonchev–Trinajstić information content (AvgIpc) is 3.14. The number of benzene rings is 1. The van der Waals surface area contributed by atoms with Crippen molar-refractivity contribution in [2.45, 2.75) is 39.8 Å². The molecule has 152 valence electrons. The quantitative estimate of drug-likeness (QED) is 0.404. The second-order valence-corrected chi connectivity index (χ2v) is 6.59. The molecule has 0 saturated carbocycles. The first kappa shape index (κ1) is 20.3. The average molecular weight is 393 g/mol. The molecule has 1 aromatic carbocycles. The lowest BCUT2D eigenvalue weighted by Crippen LogP contribution is -2.37. The molecule has 3 aromatic rings. The topological polar surface area (TPSA) is 95.7 Å². The highest BCUT2D eigenvalue weighted by Gasteiger charge is 2.06. The number of rotatable bonds is 8. The first-order valence-electron chi connectivity index (χ1n) is 9.89. The van der Waals surface area contributed by atoms with Crippen molar-refractivity contribution in [3.8, 4) is 0 Å². The van der Waals surface area contributed by atoms with Crippen molar-refractivity contribution in [1.29, 1.82) is 0 Å². The number of nitrogens with zero attached hydrogens (tertiary/aromatic N) is 4. The van der Waals surface area contributed by atoms with Crippen molar-refractivity contribution in [1.82, 2.24) is 25.2 Å². The third kappa shape index (κ3) is 5.78. The Hall–Kier alpha value is -3.42. The lowest BCUT2D eigenvalue weighted by molar-refractivity contribution is -0.116. The fourth-order valence-electron chi connectivity index (χ4n) is 2.83. The molecule has 0 atom stereocenters. The molecule has 29 heavy (non-hydrogen) atoms. The van der Waals surface area contributed by atoms with Crippen LogP contribution in [0.4, 0.5) is 5.69 Å². The molecular formula is C21H27N7O. The molecule has 8 nitrogen and oxygen atoms in total. The summed E-state index contributed by atoms with van der Waals surface area (Å²) in [6.45, 7) is 5.81. The van der Waals surface area contributed by atoms with Crippen LogP contribution in [-0.4, -0.2) is 33.0 Å². The summed E-state index contributed by atoms with van der Waals surface area (Å²) in [7, 11) is 0. The number of carbonyl (C=O) groups is 1. The number of aliphatic imine (C=N–C) groups is 1. The number of anilines is 1. The fraction of sp³-hybridized carbons (Fsp3) is 0.333. The van der Waals surface area contributed by atoms with E-state index in [2.05, 4.69) is 31.1 Å². The van der Waals surface area contributed by atoms with E-state index >= 15 is 0 Å². The molecule has 0 saturated heterocycles. The van der Waals surface area contributed by atoms with Gasteiger partial charge in [0, 0.05) is 24.8 Å². The number of pyridine rings is 1. The number of amides is 1. The van der Waals surface area contributed by atoms with Gasteiger partial charge in [0.1, 0.15) is 0 Å². The van der Waals surface area contributed by atoms with Crippen LogP contribution in [0.5, 0.6) is 0 Å². The largest absolute Gasteiger partial charge is 0.357 e. The summed E-state index contributed by atoms with van der Waals surface area (Å²) >= 11 is 0. The van der Waals surface area contributed by atoms with E-state index in [4.69, 9.17) is 0 Å². The highest BCUT2D eigenvalue weighted by Crippen LogP contribution is 2.11. The summed E-state index contributed by atoms with van der Waals surface area (Å²) in [5, 5.41) is 17.8. The summed E-state index contributed by atoms with van der Waals surface area (Å²) < 4.78 is 1.95. The number of nitrogens with one attached hydrogen (secondary N) is 3. The Morgan fingerprint density at radius 3 is 2.66 bits per heavy atom. The Bertz CT molecular complexity index is 963. The predicted molar refractivity (Wildman–Crippen MR) is 115 cm³/mol. The molecule has 3 N–H and O–H groups in total. The third-order valence-corrected chi connectivity index (χ3v) is 4.28. The van der Waals surface area contributed by atoms with E-state index < -0.39 is 0 Å². The highest BCUT2D eigenvalue weighted by atomic mass is 16.1. The van der Waals surface area contributed by atoms with Gasteiger partial charge >= 0.3 is 0 Å². The monoisotopic (exact) mass is 393 g/mol. The maximum atomic E-state index is 11.7. The van der Waals surface area contributed by atoms with E-state index in [9.17, 15) is 4.79 Å². The third-order valence-electron chi connectivity index (χ3n) is 4.28. The Kier molecular flexibility index (Phi) is 7.16. The molecule has 0 unspecified atom stereocenters. The number of guanidine groups is 1. The minimum Gasteiger partial charge on any atom is -0.357 e.